The van der Waals surface area contributed by atoms with Crippen LogP contribution >= 0.6 is 0 Å². The Kier molecular flexibility index (Phi) is 5.35. The van der Waals surface area contributed by atoms with E-state index in [1.54, 1.807) is 0 Å². The Morgan fingerprint density at radius 2 is 0.957 bits per heavy atom. The summed E-state index contributed by atoms with van der Waals surface area (Å²) < 4.78 is 44.4. The molecule has 9 rings (SSSR count). The van der Waals surface area contributed by atoms with Crippen LogP contribution in [0.15, 0.2) is 182 Å². The molecule has 0 aliphatic heterocycles. The summed E-state index contributed by atoms with van der Waals surface area (Å²) in [4.78, 5) is 4.86. The van der Waals surface area contributed by atoms with Crippen molar-refractivity contribution in [1.29, 1.82) is 0 Å². The van der Waals surface area contributed by atoms with Gasteiger partial charge in [-0.15, -0.1) is 0 Å². The van der Waals surface area contributed by atoms with Gasteiger partial charge in [-0.25, -0.2) is 4.98 Å². The van der Waals surface area contributed by atoms with Gasteiger partial charge >= 0.3 is 0 Å². The molecule has 0 spiro atoms. The average Bonchev–Trinajstić information content (AvgIpc) is 3.58. The van der Waals surface area contributed by atoms with E-state index in [1.807, 2.05) is 47.0 Å². The second-order valence-electron chi connectivity index (χ2n) is 11.6. The van der Waals surface area contributed by atoms with Crippen LogP contribution < -0.4 is 0 Å². The molecule has 0 unspecified atom stereocenters. The molecule has 0 fully saturated rings. The van der Waals surface area contributed by atoms with E-state index in [1.165, 1.54) is 16.7 Å². The average molecular weight is 604 g/mol. The summed E-state index contributed by atoms with van der Waals surface area (Å²) in [6.45, 7) is 0. The summed E-state index contributed by atoms with van der Waals surface area (Å²) >= 11 is 0. The highest BCUT2D eigenvalue weighted by Gasteiger charge is 2.19. The van der Waals surface area contributed by atoms with Crippen LogP contribution in [-0.2, 0) is 0 Å². The highest BCUT2D eigenvalue weighted by molar-refractivity contribution is 6.21. The van der Waals surface area contributed by atoms with Crippen molar-refractivity contribution in [3.63, 3.8) is 0 Å². The third-order valence-electron chi connectivity index (χ3n) is 8.89. The fourth-order valence-corrected chi connectivity index (χ4v) is 6.83. The molecule has 0 bridgehead atoms. The maximum Gasteiger partial charge on any atom is 0.145 e. The summed E-state index contributed by atoms with van der Waals surface area (Å²) in [6, 6.07) is 50.3. The second-order valence-corrected chi connectivity index (χ2v) is 11.6. The van der Waals surface area contributed by atoms with Crippen LogP contribution in [0.2, 0.25) is 0 Å². The van der Waals surface area contributed by atoms with Gasteiger partial charge in [0, 0.05) is 11.3 Å². The number of nitrogens with zero attached hydrogens (tertiary/aromatic N) is 2. The van der Waals surface area contributed by atoms with Crippen molar-refractivity contribution in [2.75, 3.05) is 0 Å². The topological polar surface area (TPSA) is 17.8 Å². The minimum absolute atomic E-state index is 0.0612. The zero-order chi connectivity index (χ0) is 35.5. The van der Waals surface area contributed by atoms with Crippen molar-refractivity contribution in [2.24, 2.45) is 0 Å². The minimum atomic E-state index is -0.433. The molecule has 0 N–H and O–H groups in total. The molecule has 47 heavy (non-hydrogen) atoms. The molecule has 0 amide bonds. The lowest BCUT2D eigenvalue weighted by Gasteiger charge is -2.19. The zero-order valence-electron chi connectivity index (χ0n) is 30.3. The molecule has 1 heterocycles. The first-order chi connectivity index (χ1) is 25.4. The molecule has 0 aliphatic carbocycles. The number of imidazole rings is 1. The number of para-hydroxylation sites is 2. The van der Waals surface area contributed by atoms with E-state index < -0.39 is 18.1 Å². The summed E-state index contributed by atoms with van der Waals surface area (Å²) in [5, 5.41) is 4.51. The van der Waals surface area contributed by atoms with Crippen LogP contribution in [0.3, 0.4) is 0 Å². The van der Waals surface area contributed by atoms with Crippen molar-refractivity contribution in [1.82, 2.24) is 9.55 Å². The van der Waals surface area contributed by atoms with Crippen LogP contribution in [0.25, 0.3) is 83.0 Å². The molecule has 0 radical (unpaired) electrons. The first kappa shape index (κ1) is 22.3. The normalized spacial score (nSPS) is 12.9. The number of hydrogen-bond acceptors (Lipinski definition) is 1. The lowest BCUT2D eigenvalue weighted by atomic mass is 9.85. The predicted molar refractivity (Wildman–Crippen MR) is 198 cm³/mol. The van der Waals surface area contributed by atoms with Gasteiger partial charge in [0.25, 0.3) is 0 Å². The van der Waals surface area contributed by atoms with Gasteiger partial charge in [-0.3, -0.25) is 4.57 Å². The maximum absolute atomic E-state index is 8.78. The standard InChI is InChI=1S/C45H30N2/c1-3-14-31(15-4-1)32-26-28-33(29-27-32)43-37-20-7-9-22-39(37)44(40-23-10-8-21-38(40)43)35-18-13-19-36(30-35)47-42-25-12-11-24-41(42)46-45(47)34-16-5-2-6-17-34/h1-30H/i2D,5D,6D,16D,17D. The van der Waals surface area contributed by atoms with Crippen molar-refractivity contribution < 1.29 is 6.85 Å². The monoisotopic (exact) mass is 603 g/mol. The Bertz CT molecular complexity index is 2760. The van der Waals surface area contributed by atoms with E-state index in [0.717, 1.165) is 49.4 Å². The largest absolute Gasteiger partial charge is 0.292 e. The zero-order valence-corrected chi connectivity index (χ0v) is 25.3. The Morgan fingerprint density at radius 1 is 0.426 bits per heavy atom. The number of aromatic nitrogens is 2. The summed E-state index contributed by atoms with van der Waals surface area (Å²) in [6.07, 6.45) is 0. The van der Waals surface area contributed by atoms with Gasteiger partial charge in [-0.2, -0.15) is 0 Å². The quantitative estimate of drug-likeness (QED) is 0.179. The summed E-state index contributed by atoms with van der Waals surface area (Å²) in [5.74, 6) is 0.291. The predicted octanol–water partition coefficient (Wildman–Crippen LogP) is 12.0. The van der Waals surface area contributed by atoms with E-state index in [4.69, 9.17) is 11.8 Å². The van der Waals surface area contributed by atoms with Crippen LogP contribution in [0.4, 0.5) is 0 Å². The number of benzene rings is 8. The first-order valence-electron chi connectivity index (χ1n) is 18.2. The van der Waals surface area contributed by atoms with Gasteiger partial charge in [0.15, 0.2) is 0 Å². The van der Waals surface area contributed by atoms with Crippen molar-refractivity contribution >= 4 is 32.6 Å². The van der Waals surface area contributed by atoms with Crippen molar-refractivity contribution in [3.8, 4) is 50.5 Å². The Balaban J connectivity index is 1.28. The smallest absolute Gasteiger partial charge is 0.145 e. The highest BCUT2D eigenvalue weighted by Crippen LogP contribution is 2.44. The fraction of sp³-hybridized carbons (Fsp3) is 0. The molecule has 0 atom stereocenters. The maximum atomic E-state index is 8.78. The van der Waals surface area contributed by atoms with E-state index in [0.29, 0.717) is 11.3 Å². The molecule has 0 aliphatic rings. The third kappa shape index (κ3) is 4.62. The molecule has 1 aromatic heterocycles. The van der Waals surface area contributed by atoms with Crippen molar-refractivity contribution in [2.45, 2.75) is 0 Å². The van der Waals surface area contributed by atoms with Gasteiger partial charge in [-0.1, -0.05) is 158 Å². The Labute approximate surface area is 280 Å². The number of fused-ring (bicyclic) bond motifs is 3. The minimum Gasteiger partial charge on any atom is -0.292 e. The molecular formula is C45H30N2. The number of hydrogen-bond donors (Lipinski definition) is 0. The lowest BCUT2D eigenvalue weighted by Crippen LogP contribution is -1.98. The van der Waals surface area contributed by atoms with Crippen molar-refractivity contribution in [3.05, 3.63) is 182 Å². The summed E-state index contributed by atoms with van der Waals surface area (Å²) in [5.41, 5.74) is 9.00. The van der Waals surface area contributed by atoms with Gasteiger partial charge in [-0.05, 0) is 79.2 Å². The van der Waals surface area contributed by atoms with Gasteiger partial charge in [0.2, 0.25) is 0 Å². The summed E-state index contributed by atoms with van der Waals surface area (Å²) in [7, 11) is 0. The Morgan fingerprint density at radius 3 is 1.64 bits per heavy atom. The lowest BCUT2D eigenvalue weighted by molar-refractivity contribution is 1.10. The van der Waals surface area contributed by atoms with E-state index in [2.05, 4.69) is 109 Å². The van der Waals surface area contributed by atoms with Crippen LogP contribution in [0.5, 0.6) is 0 Å². The van der Waals surface area contributed by atoms with E-state index in [9.17, 15) is 0 Å². The Hall–Kier alpha value is -6.25. The molecule has 2 nitrogen and oxygen atoms in total. The van der Waals surface area contributed by atoms with Gasteiger partial charge in [0.1, 0.15) is 5.82 Å². The highest BCUT2D eigenvalue weighted by atomic mass is 15.1. The van der Waals surface area contributed by atoms with E-state index >= 15 is 0 Å². The second kappa shape index (κ2) is 11.3. The van der Waals surface area contributed by atoms with E-state index in [-0.39, 0.29) is 17.6 Å². The SMILES string of the molecule is [2H]c1c([2H])c([2H])c(-c2nc3ccccc3n2-c2cccc(-c3c4ccccc4c(-c4ccc(-c5ccccc5)cc4)c4ccccc34)c2)c([2H])c1[2H]. The molecule has 220 valence electrons. The molecule has 2 heteroatoms. The van der Waals surface area contributed by atoms with Crippen LogP contribution in [-0.4, -0.2) is 9.55 Å². The third-order valence-corrected chi connectivity index (χ3v) is 8.89. The fourth-order valence-electron chi connectivity index (χ4n) is 6.83. The first-order valence-corrected chi connectivity index (χ1v) is 15.7. The molecule has 8 aromatic carbocycles. The molecule has 0 saturated carbocycles. The molecule has 0 saturated heterocycles. The molecular weight excluding hydrogens is 569 g/mol. The van der Waals surface area contributed by atoms with Crippen LogP contribution in [0, 0.1) is 0 Å². The number of rotatable bonds is 5. The molecule has 9 aromatic rings. The van der Waals surface area contributed by atoms with Crippen LogP contribution in [0.1, 0.15) is 6.85 Å². The van der Waals surface area contributed by atoms with Gasteiger partial charge in [0.05, 0.1) is 17.9 Å². The van der Waals surface area contributed by atoms with Gasteiger partial charge < -0.3 is 0 Å².